The van der Waals surface area contributed by atoms with E-state index in [9.17, 15) is 13.6 Å². The van der Waals surface area contributed by atoms with Gasteiger partial charge in [0.2, 0.25) is 6.17 Å². The Balaban J connectivity index is 3.08. The number of benzene rings is 1. The van der Waals surface area contributed by atoms with Crippen LogP contribution in [0.1, 0.15) is 11.7 Å². The molecule has 0 aliphatic rings. The minimum atomic E-state index is -2.40. The van der Waals surface area contributed by atoms with E-state index >= 15 is 0 Å². The highest BCUT2D eigenvalue weighted by Crippen LogP contribution is 2.23. The lowest BCUT2D eigenvalue weighted by Gasteiger charge is -2.04. The van der Waals surface area contributed by atoms with Crippen LogP contribution in [0.2, 0.25) is 0 Å². The lowest BCUT2D eigenvalue weighted by molar-refractivity contribution is -0.143. The Morgan fingerprint density at radius 2 is 2.08 bits per heavy atom. The molecule has 0 aromatic heterocycles. The molecule has 0 bridgehead atoms. The monoisotopic (exact) mass is 188 g/mol. The highest BCUT2D eigenvalue weighted by molar-refractivity contribution is 5.74. The fourth-order valence-electron chi connectivity index (χ4n) is 0.855. The Hall–Kier alpha value is -1.65. The number of hydrogen-bond donors (Lipinski definition) is 2. The van der Waals surface area contributed by atoms with Crippen LogP contribution in [0.4, 0.5) is 8.78 Å². The van der Waals surface area contributed by atoms with Crippen molar-refractivity contribution in [2.24, 2.45) is 0 Å². The predicted molar refractivity (Wildman–Crippen MR) is 39.5 cm³/mol. The molecule has 3 nitrogen and oxygen atoms in total. The minimum Gasteiger partial charge on any atom is -0.508 e. The third-order valence-corrected chi connectivity index (χ3v) is 1.47. The van der Waals surface area contributed by atoms with Crippen LogP contribution < -0.4 is 0 Å². The van der Waals surface area contributed by atoms with Gasteiger partial charge in [0.15, 0.2) is 0 Å². The summed E-state index contributed by atoms with van der Waals surface area (Å²) >= 11 is 0. The lowest BCUT2D eigenvalue weighted by atomic mass is 10.1. The van der Waals surface area contributed by atoms with Gasteiger partial charge >= 0.3 is 5.97 Å². The topological polar surface area (TPSA) is 57.5 Å². The van der Waals surface area contributed by atoms with Gasteiger partial charge in [-0.25, -0.2) is 13.6 Å². The van der Waals surface area contributed by atoms with E-state index in [0.29, 0.717) is 6.07 Å². The van der Waals surface area contributed by atoms with Crippen LogP contribution in [0.15, 0.2) is 18.2 Å². The van der Waals surface area contributed by atoms with Crippen LogP contribution in [-0.2, 0) is 4.79 Å². The molecule has 0 spiro atoms. The second-order valence-corrected chi connectivity index (χ2v) is 2.41. The summed E-state index contributed by atoms with van der Waals surface area (Å²) < 4.78 is 25.5. The van der Waals surface area contributed by atoms with Crippen molar-refractivity contribution in [3.8, 4) is 5.75 Å². The Bertz CT molecular complexity index is 338. The third kappa shape index (κ3) is 1.93. The van der Waals surface area contributed by atoms with Crippen LogP contribution in [0, 0.1) is 5.82 Å². The molecular weight excluding hydrogens is 182 g/mol. The third-order valence-electron chi connectivity index (χ3n) is 1.47. The number of aliphatic carboxylic acids is 1. The van der Waals surface area contributed by atoms with Gasteiger partial charge in [-0.1, -0.05) is 0 Å². The van der Waals surface area contributed by atoms with Crippen LogP contribution in [0.3, 0.4) is 0 Å². The number of carboxylic acid groups (broad SMARTS) is 1. The zero-order valence-corrected chi connectivity index (χ0v) is 6.37. The van der Waals surface area contributed by atoms with Crippen molar-refractivity contribution in [1.29, 1.82) is 0 Å². The number of rotatable bonds is 2. The number of alkyl halides is 1. The van der Waals surface area contributed by atoms with Gasteiger partial charge in [-0.05, 0) is 12.1 Å². The molecule has 1 aromatic carbocycles. The number of aromatic hydroxyl groups is 1. The van der Waals surface area contributed by atoms with Crippen LogP contribution in [0.25, 0.3) is 0 Å². The first-order valence-electron chi connectivity index (χ1n) is 3.37. The van der Waals surface area contributed by atoms with Crippen molar-refractivity contribution in [2.45, 2.75) is 6.17 Å². The van der Waals surface area contributed by atoms with Crippen molar-refractivity contribution in [2.75, 3.05) is 0 Å². The Morgan fingerprint density at radius 1 is 1.46 bits per heavy atom. The Labute approximate surface area is 72.2 Å². The number of phenols is 1. The number of carbonyl (C=O) groups is 1. The Kier molecular flexibility index (Phi) is 2.46. The normalized spacial score (nSPS) is 12.5. The van der Waals surface area contributed by atoms with Crippen LogP contribution in [0.5, 0.6) is 5.75 Å². The Morgan fingerprint density at radius 3 is 2.54 bits per heavy atom. The van der Waals surface area contributed by atoms with E-state index in [0.717, 1.165) is 12.1 Å². The van der Waals surface area contributed by atoms with Crippen LogP contribution >= 0.6 is 0 Å². The maximum atomic E-state index is 12.8. The molecule has 0 radical (unpaired) electrons. The van der Waals surface area contributed by atoms with Gasteiger partial charge in [-0.3, -0.25) is 0 Å². The summed E-state index contributed by atoms with van der Waals surface area (Å²) in [6.45, 7) is 0. The number of carboxylic acids is 1. The summed E-state index contributed by atoms with van der Waals surface area (Å²) in [6.07, 6.45) is -2.40. The van der Waals surface area contributed by atoms with E-state index in [1.807, 2.05) is 0 Å². The number of phenolic OH excluding ortho intramolecular Hbond substituents is 1. The van der Waals surface area contributed by atoms with Crippen molar-refractivity contribution in [3.63, 3.8) is 0 Å². The molecule has 2 N–H and O–H groups in total. The van der Waals surface area contributed by atoms with Gasteiger partial charge in [0.25, 0.3) is 0 Å². The molecule has 0 aliphatic heterocycles. The fraction of sp³-hybridized carbons (Fsp3) is 0.125. The summed E-state index contributed by atoms with van der Waals surface area (Å²) in [5.41, 5.74) is -0.592. The first-order chi connectivity index (χ1) is 6.02. The summed E-state index contributed by atoms with van der Waals surface area (Å²) in [5.74, 6) is -3.21. The molecule has 1 atom stereocenters. The summed E-state index contributed by atoms with van der Waals surface area (Å²) in [5, 5.41) is 17.0. The molecule has 1 unspecified atom stereocenters. The fourth-order valence-corrected chi connectivity index (χ4v) is 0.855. The van der Waals surface area contributed by atoms with Crippen molar-refractivity contribution in [3.05, 3.63) is 29.6 Å². The minimum absolute atomic E-state index is 0.376. The van der Waals surface area contributed by atoms with E-state index in [4.69, 9.17) is 10.2 Å². The van der Waals surface area contributed by atoms with Gasteiger partial charge in [-0.15, -0.1) is 0 Å². The maximum absolute atomic E-state index is 12.8. The molecule has 70 valence electrons. The standard InChI is InChI=1S/C8H6F2O3/c9-6-3-4(11)1-2-5(6)7(10)8(12)13/h1-3,7,11H,(H,12,13). The van der Waals surface area contributed by atoms with E-state index in [1.54, 1.807) is 0 Å². The molecule has 0 amide bonds. The second-order valence-electron chi connectivity index (χ2n) is 2.41. The predicted octanol–water partition coefficient (Wildman–Crippen LogP) is 1.63. The molecule has 1 rings (SSSR count). The van der Waals surface area contributed by atoms with Crippen molar-refractivity contribution in [1.82, 2.24) is 0 Å². The quantitative estimate of drug-likeness (QED) is 0.741. The largest absolute Gasteiger partial charge is 0.508 e. The summed E-state index contributed by atoms with van der Waals surface area (Å²) in [4.78, 5) is 10.1. The van der Waals surface area contributed by atoms with Crippen LogP contribution in [-0.4, -0.2) is 16.2 Å². The van der Waals surface area contributed by atoms with E-state index < -0.39 is 23.5 Å². The van der Waals surface area contributed by atoms with Crippen molar-refractivity contribution < 1.29 is 23.8 Å². The van der Waals surface area contributed by atoms with Gasteiger partial charge in [0.1, 0.15) is 11.6 Å². The SMILES string of the molecule is O=C(O)C(F)c1ccc(O)cc1F. The first-order valence-corrected chi connectivity index (χ1v) is 3.37. The number of hydrogen-bond acceptors (Lipinski definition) is 2. The molecule has 0 heterocycles. The molecular formula is C8H6F2O3. The lowest BCUT2D eigenvalue weighted by Crippen LogP contribution is -2.07. The highest BCUT2D eigenvalue weighted by atomic mass is 19.1. The second kappa shape index (κ2) is 3.38. The molecule has 0 saturated carbocycles. The first kappa shape index (κ1) is 9.44. The smallest absolute Gasteiger partial charge is 0.343 e. The molecule has 13 heavy (non-hydrogen) atoms. The summed E-state index contributed by atoms with van der Waals surface area (Å²) in [6, 6.07) is 2.57. The van der Waals surface area contributed by atoms with Gasteiger partial charge < -0.3 is 10.2 Å². The average Bonchev–Trinajstić information content (AvgIpc) is 2.03. The zero-order valence-electron chi connectivity index (χ0n) is 6.37. The maximum Gasteiger partial charge on any atom is 0.343 e. The molecule has 1 aromatic rings. The van der Waals surface area contributed by atoms with E-state index in [1.165, 1.54) is 0 Å². The van der Waals surface area contributed by atoms with E-state index in [2.05, 4.69) is 0 Å². The summed E-state index contributed by atoms with van der Waals surface area (Å²) in [7, 11) is 0. The average molecular weight is 188 g/mol. The van der Waals surface area contributed by atoms with Gasteiger partial charge in [0.05, 0.1) is 0 Å². The zero-order chi connectivity index (χ0) is 10.0. The van der Waals surface area contributed by atoms with E-state index in [-0.39, 0.29) is 5.75 Å². The number of halogens is 2. The van der Waals surface area contributed by atoms with Gasteiger partial charge in [-0.2, -0.15) is 0 Å². The highest BCUT2D eigenvalue weighted by Gasteiger charge is 2.22. The molecule has 0 aliphatic carbocycles. The molecule has 0 saturated heterocycles. The molecule has 5 heteroatoms. The van der Waals surface area contributed by atoms with Crippen molar-refractivity contribution >= 4 is 5.97 Å². The van der Waals surface area contributed by atoms with Gasteiger partial charge in [0, 0.05) is 11.6 Å². The molecule has 0 fully saturated rings.